The van der Waals surface area contributed by atoms with Crippen molar-refractivity contribution in [3.8, 4) is 0 Å². The quantitative estimate of drug-likeness (QED) is 0.210. The molecule has 2 unspecified atom stereocenters. The molecule has 0 aliphatic rings. The van der Waals surface area contributed by atoms with E-state index in [-0.39, 0.29) is 19.8 Å². The molecule has 5 N–H and O–H groups in total. The van der Waals surface area contributed by atoms with E-state index in [1.54, 1.807) is 13.8 Å². The molecule has 0 spiro atoms. The molecule has 8 nitrogen and oxygen atoms in total. The van der Waals surface area contributed by atoms with Crippen LogP contribution in [0, 0.1) is 0 Å². The van der Waals surface area contributed by atoms with E-state index >= 15 is 0 Å². The van der Waals surface area contributed by atoms with Gasteiger partial charge in [0.15, 0.2) is 0 Å². The molecule has 0 radical (unpaired) electrons. The first-order chi connectivity index (χ1) is 11.4. The van der Waals surface area contributed by atoms with Crippen LogP contribution in [0.1, 0.15) is 13.8 Å². The molecule has 0 aromatic carbocycles. The molecule has 0 heterocycles. The third-order valence-corrected chi connectivity index (χ3v) is 3.76. The zero-order valence-electron chi connectivity index (χ0n) is 15.2. The van der Waals surface area contributed by atoms with Crippen molar-refractivity contribution >= 4 is 0 Å². The molecule has 24 heavy (non-hydrogen) atoms. The smallest absolute Gasteiger partial charge is 0.0639 e. The van der Waals surface area contributed by atoms with Crippen molar-refractivity contribution in [2.24, 2.45) is 0 Å². The standard InChI is InChI=1S/C16H37N3O5/c1-15(23)13-19(14-16(2)24)6-5-17(7-10-20)3-4-18(8-11-21)9-12-22/h15-16,20-24H,3-14H2,1-2H3. The lowest BCUT2D eigenvalue weighted by molar-refractivity contribution is 0.0714. The van der Waals surface area contributed by atoms with Crippen LogP contribution in [0.2, 0.25) is 0 Å². The van der Waals surface area contributed by atoms with E-state index in [2.05, 4.69) is 4.90 Å². The first kappa shape index (κ1) is 23.7. The molecular weight excluding hydrogens is 314 g/mol. The Morgan fingerprint density at radius 1 is 0.542 bits per heavy atom. The van der Waals surface area contributed by atoms with Crippen molar-refractivity contribution < 1.29 is 25.5 Å². The molecule has 0 aromatic rings. The maximum Gasteiger partial charge on any atom is 0.0639 e. The zero-order valence-corrected chi connectivity index (χ0v) is 15.2. The number of rotatable bonds is 16. The van der Waals surface area contributed by atoms with Gasteiger partial charge in [0.2, 0.25) is 0 Å². The molecule has 0 fully saturated rings. The lowest BCUT2D eigenvalue weighted by atomic mass is 10.3. The Labute approximate surface area is 145 Å². The van der Waals surface area contributed by atoms with Gasteiger partial charge < -0.3 is 25.5 Å². The Morgan fingerprint density at radius 3 is 1.12 bits per heavy atom. The summed E-state index contributed by atoms with van der Waals surface area (Å²) in [6, 6.07) is 0. The van der Waals surface area contributed by atoms with E-state index in [1.165, 1.54) is 0 Å². The fourth-order valence-corrected chi connectivity index (χ4v) is 2.67. The number of aliphatic hydroxyl groups is 5. The molecule has 8 heteroatoms. The Hall–Kier alpha value is -0.320. The van der Waals surface area contributed by atoms with Gasteiger partial charge in [-0.15, -0.1) is 0 Å². The second-order valence-corrected chi connectivity index (χ2v) is 6.31. The minimum atomic E-state index is -0.459. The molecule has 0 saturated carbocycles. The highest BCUT2D eigenvalue weighted by molar-refractivity contribution is 4.69. The largest absolute Gasteiger partial charge is 0.395 e. The average molecular weight is 351 g/mol. The van der Waals surface area contributed by atoms with Crippen LogP contribution in [0.4, 0.5) is 0 Å². The van der Waals surface area contributed by atoms with Crippen molar-refractivity contribution in [2.75, 3.05) is 78.7 Å². The number of hydrogen-bond acceptors (Lipinski definition) is 8. The molecule has 0 amide bonds. The van der Waals surface area contributed by atoms with Crippen molar-refractivity contribution in [2.45, 2.75) is 26.1 Å². The summed E-state index contributed by atoms with van der Waals surface area (Å²) < 4.78 is 0. The first-order valence-electron chi connectivity index (χ1n) is 8.78. The Kier molecular flexibility index (Phi) is 14.8. The zero-order chi connectivity index (χ0) is 18.4. The van der Waals surface area contributed by atoms with Crippen LogP contribution < -0.4 is 0 Å². The summed E-state index contributed by atoms with van der Waals surface area (Å²) in [5.74, 6) is 0. The molecular formula is C16H37N3O5. The molecule has 0 aromatic heterocycles. The molecule has 0 aliphatic heterocycles. The molecule has 146 valence electrons. The van der Waals surface area contributed by atoms with Gasteiger partial charge in [0, 0.05) is 58.9 Å². The van der Waals surface area contributed by atoms with Crippen LogP contribution >= 0.6 is 0 Å². The van der Waals surface area contributed by atoms with Crippen LogP contribution in [-0.2, 0) is 0 Å². The van der Waals surface area contributed by atoms with Crippen LogP contribution in [0.5, 0.6) is 0 Å². The predicted molar refractivity (Wildman–Crippen MR) is 93.9 cm³/mol. The van der Waals surface area contributed by atoms with Gasteiger partial charge in [-0.05, 0) is 13.8 Å². The minimum absolute atomic E-state index is 0.0521. The Morgan fingerprint density at radius 2 is 0.833 bits per heavy atom. The van der Waals surface area contributed by atoms with Gasteiger partial charge in [-0.25, -0.2) is 0 Å². The number of aliphatic hydroxyl groups excluding tert-OH is 5. The van der Waals surface area contributed by atoms with Crippen molar-refractivity contribution in [3.63, 3.8) is 0 Å². The van der Waals surface area contributed by atoms with Gasteiger partial charge in [-0.2, -0.15) is 0 Å². The van der Waals surface area contributed by atoms with Gasteiger partial charge in [0.25, 0.3) is 0 Å². The highest BCUT2D eigenvalue weighted by atomic mass is 16.3. The number of hydrogen-bond donors (Lipinski definition) is 5. The van der Waals surface area contributed by atoms with Crippen LogP contribution in [-0.4, -0.2) is 131 Å². The third-order valence-electron chi connectivity index (χ3n) is 3.76. The van der Waals surface area contributed by atoms with E-state index in [4.69, 9.17) is 10.2 Å². The molecule has 0 aliphatic carbocycles. The molecule has 2 atom stereocenters. The third kappa shape index (κ3) is 13.0. The van der Waals surface area contributed by atoms with Crippen molar-refractivity contribution in [1.82, 2.24) is 14.7 Å². The van der Waals surface area contributed by atoms with Crippen molar-refractivity contribution in [1.29, 1.82) is 0 Å². The van der Waals surface area contributed by atoms with E-state index < -0.39 is 12.2 Å². The summed E-state index contributed by atoms with van der Waals surface area (Å²) in [6.45, 7) is 9.02. The topological polar surface area (TPSA) is 111 Å². The van der Waals surface area contributed by atoms with Gasteiger partial charge in [0.1, 0.15) is 0 Å². The highest BCUT2D eigenvalue weighted by Crippen LogP contribution is 1.99. The summed E-state index contributed by atoms with van der Waals surface area (Å²) in [6.07, 6.45) is -0.917. The Bertz CT molecular complexity index is 266. The second kappa shape index (κ2) is 15.0. The normalized spacial score (nSPS) is 14.8. The molecule has 0 saturated heterocycles. The minimum Gasteiger partial charge on any atom is -0.395 e. The van der Waals surface area contributed by atoms with Crippen molar-refractivity contribution in [3.05, 3.63) is 0 Å². The monoisotopic (exact) mass is 351 g/mol. The fraction of sp³-hybridized carbons (Fsp3) is 1.00. The first-order valence-corrected chi connectivity index (χ1v) is 8.78. The highest BCUT2D eigenvalue weighted by Gasteiger charge is 2.14. The van der Waals surface area contributed by atoms with Gasteiger partial charge in [-0.1, -0.05) is 0 Å². The van der Waals surface area contributed by atoms with Gasteiger partial charge in [-0.3, -0.25) is 14.7 Å². The molecule has 0 rings (SSSR count). The van der Waals surface area contributed by atoms with Gasteiger partial charge in [0.05, 0.1) is 32.0 Å². The number of nitrogens with zero attached hydrogens (tertiary/aromatic N) is 3. The summed E-state index contributed by atoms with van der Waals surface area (Å²) in [7, 11) is 0. The Balaban J connectivity index is 4.41. The fourth-order valence-electron chi connectivity index (χ4n) is 2.67. The summed E-state index contributed by atoms with van der Waals surface area (Å²) in [4.78, 5) is 6.10. The maximum atomic E-state index is 9.57. The summed E-state index contributed by atoms with van der Waals surface area (Å²) >= 11 is 0. The predicted octanol–water partition coefficient (Wildman–Crippen LogP) is -2.37. The maximum absolute atomic E-state index is 9.57. The van der Waals surface area contributed by atoms with Crippen LogP contribution in [0.25, 0.3) is 0 Å². The van der Waals surface area contributed by atoms with Gasteiger partial charge >= 0.3 is 0 Å². The van der Waals surface area contributed by atoms with E-state index in [1.807, 2.05) is 9.80 Å². The van der Waals surface area contributed by atoms with E-state index in [0.717, 1.165) is 6.54 Å². The average Bonchev–Trinajstić information content (AvgIpc) is 2.49. The summed E-state index contributed by atoms with van der Waals surface area (Å²) in [5.41, 5.74) is 0. The SMILES string of the molecule is CC(O)CN(CCN(CCO)CCN(CCO)CCO)CC(C)O. The van der Waals surface area contributed by atoms with Crippen LogP contribution in [0.15, 0.2) is 0 Å². The van der Waals surface area contributed by atoms with E-state index in [9.17, 15) is 15.3 Å². The van der Waals surface area contributed by atoms with E-state index in [0.29, 0.717) is 52.4 Å². The lowest BCUT2D eigenvalue weighted by Gasteiger charge is -2.30. The lowest BCUT2D eigenvalue weighted by Crippen LogP contribution is -2.44. The second-order valence-electron chi connectivity index (χ2n) is 6.31. The summed E-state index contributed by atoms with van der Waals surface area (Å²) in [5, 5.41) is 46.5. The van der Waals surface area contributed by atoms with Crippen LogP contribution in [0.3, 0.4) is 0 Å². The molecule has 0 bridgehead atoms.